The van der Waals surface area contributed by atoms with E-state index in [4.69, 9.17) is 4.74 Å². The summed E-state index contributed by atoms with van der Waals surface area (Å²) in [6.07, 6.45) is 19.7. The minimum atomic E-state index is 0.821. The Bertz CT molecular complexity index is 694. The third kappa shape index (κ3) is 10.2. The topological polar surface area (TPSA) is 9.23 Å². The van der Waals surface area contributed by atoms with Gasteiger partial charge in [-0.3, -0.25) is 0 Å². The molecule has 0 radical (unpaired) electrons. The lowest BCUT2D eigenvalue weighted by Gasteiger charge is -2.06. The average molecular weight is 391 g/mol. The summed E-state index contributed by atoms with van der Waals surface area (Å²) in [4.78, 5) is 0. The van der Waals surface area contributed by atoms with E-state index in [0.717, 1.165) is 24.3 Å². The quantitative estimate of drug-likeness (QED) is 0.218. The smallest absolute Gasteiger partial charge is 0.119 e. The van der Waals surface area contributed by atoms with Crippen LogP contribution in [0.4, 0.5) is 0 Å². The zero-order chi connectivity index (χ0) is 20.6. The minimum absolute atomic E-state index is 0.821. The van der Waals surface area contributed by atoms with Crippen LogP contribution in [0.3, 0.4) is 0 Å². The van der Waals surface area contributed by atoms with Crippen molar-refractivity contribution in [2.45, 2.75) is 71.1 Å². The normalized spacial score (nSPS) is 11.1. The third-order valence-electron chi connectivity index (χ3n) is 5.29. The first-order valence-electron chi connectivity index (χ1n) is 11.5. The van der Waals surface area contributed by atoms with E-state index in [9.17, 15) is 0 Å². The average Bonchev–Trinajstić information content (AvgIpc) is 2.77. The Kier molecular flexibility index (Phi) is 11.6. The lowest BCUT2D eigenvalue weighted by molar-refractivity contribution is 0.304. The number of unbranched alkanes of at least 4 members (excludes halogenated alkanes) is 9. The van der Waals surface area contributed by atoms with E-state index in [1.54, 1.807) is 0 Å². The first-order valence-corrected chi connectivity index (χ1v) is 11.5. The lowest BCUT2D eigenvalue weighted by Crippen LogP contribution is -1.97. The zero-order valence-electron chi connectivity index (χ0n) is 18.2. The fourth-order valence-corrected chi connectivity index (χ4v) is 3.39. The third-order valence-corrected chi connectivity index (χ3v) is 5.29. The van der Waals surface area contributed by atoms with Gasteiger partial charge in [0.05, 0.1) is 6.61 Å². The van der Waals surface area contributed by atoms with E-state index in [-0.39, 0.29) is 0 Å². The van der Waals surface area contributed by atoms with Gasteiger partial charge in [0.25, 0.3) is 0 Å². The largest absolute Gasteiger partial charge is 0.494 e. The number of hydrogen-bond donors (Lipinski definition) is 0. The summed E-state index contributed by atoms with van der Waals surface area (Å²) in [6, 6.07) is 16.7. The van der Waals surface area contributed by atoms with E-state index >= 15 is 0 Å². The minimum Gasteiger partial charge on any atom is -0.494 e. The fraction of sp³-hybridized carbons (Fsp3) is 0.429. The van der Waals surface area contributed by atoms with E-state index in [2.05, 4.69) is 74.2 Å². The van der Waals surface area contributed by atoms with Crippen molar-refractivity contribution in [3.63, 3.8) is 0 Å². The molecule has 1 heteroatoms. The molecule has 0 fully saturated rings. The maximum absolute atomic E-state index is 5.89. The highest BCUT2D eigenvalue weighted by atomic mass is 16.5. The Balaban J connectivity index is 1.57. The first-order chi connectivity index (χ1) is 14.3. The number of ether oxygens (including phenoxy) is 1. The van der Waals surface area contributed by atoms with Gasteiger partial charge in [0.2, 0.25) is 0 Å². The summed E-state index contributed by atoms with van der Waals surface area (Å²) < 4.78 is 5.89. The van der Waals surface area contributed by atoms with E-state index in [0.29, 0.717) is 0 Å². The molecule has 1 nitrogen and oxygen atoms in total. The van der Waals surface area contributed by atoms with Crippen LogP contribution in [-0.4, -0.2) is 6.61 Å². The molecule has 0 aliphatic heterocycles. The zero-order valence-corrected chi connectivity index (χ0v) is 18.2. The number of benzene rings is 2. The fourth-order valence-electron chi connectivity index (χ4n) is 3.39. The molecule has 0 aromatic heterocycles. The van der Waals surface area contributed by atoms with Gasteiger partial charge >= 0.3 is 0 Å². The number of hydrogen-bond acceptors (Lipinski definition) is 1. The molecular formula is C28H38O. The van der Waals surface area contributed by atoms with Crippen LogP contribution in [-0.2, 0) is 0 Å². The number of rotatable bonds is 15. The van der Waals surface area contributed by atoms with Gasteiger partial charge in [0, 0.05) is 0 Å². The predicted molar refractivity (Wildman–Crippen MR) is 129 cm³/mol. The molecule has 0 saturated carbocycles. The maximum atomic E-state index is 5.89. The first kappa shape index (κ1) is 23.0. The molecule has 2 aromatic carbocycles. The van der Waals surface area contributed by atoms with Gasteiger partial charge in [-0.25, -0.2) is 0 Å². The Hall–Kier alpha value is -2.28. The van der Waals surface area contributed by atoms with Crippen LogP contribution < -0.4 is 4.74 Å². The maximum Gasteiger partial charge on any atom is 0.119 e. The van der Waals surface area contributed by atoms with Crippen LogP contribution in [0.25, 0.3) is 18.2 Å². The second-order valence-corrected chi connectivity index (χ2v) is 7.80. The van der Waals surface area contributed by atoms with Crippen LogP contribution in [0.1, 0.15) is 87.8 Å². The van der Waals surface area contributed by atoms with E-state index in [1.165, 1.54) is 68.9 Å². The SMILES string of the molecule is C=Cc1ccc(/C=C/c2ccc(OCCCCCCCCCCCC)cc2)cc1. The van der Waals surface area contributed by atoms with Gasteiger partial charge in [0.15, 0.2) is 0 Å². The van der Waals surface area contributed by atoms with Crippen molar-refractivity contribution in [3.8, 4) is 5.75 Å². The van der Waals surface area contributed by atoms with Gasteiger partial charge in [-0.2, -0.15) is 0 Å². The van der Waals surface area contributed by atoms with Crippen molar-refractivity contribution in [1.29, 1.82) is 0 Å². The second-order valence-electron chi connectivity index (χ2n) is 7.80. The molecule has 0 spiro atoms. The molecule has 0 saturated heterocycles. The molecule has 0 aliphatic carbocycles. The molecule has 2 aromatic rings. The Morgan fingerprint density at radius 3 is 1.59 bits per heavy atom. The van der Waals surface area contributed by atoms with Crippen LogP contribution in [0.15, 0.2) is 55.1 Å². The van der Waals surface area contributed by atoms with Gasteiger partial charge < -0.3 is 4.74 Å². The molecule has 29 heavy (non-hydrogen) atoms. The predicted octanol–water partition coefficient (Wildman–Crippen LogP) is 8.80. The van der Waals surface area contributed by atoms with Crippen molar-refractivity contribution in [2.75, 3.05) is 6.61 Å². The Morgan fingerprint density at radius 1 is 0.621 bits per heavy atom. The monoisotopic (exact) mass is 390 g/mol. The summed E-state index contributed by atoms with van der Waals surface area (Å²) >= 11 is 0. The van der Waals surface area contributed by atoms with E-state index < -0.39 is 0 Å². The van der Waals surface area contributed by atoms with Crippen LogP contribution >= 0.6 is 0 Å². The van der Waals surface area contributed by atoms with Gasteiger partial charge in [-0.15, -0.1) is 0 Å². The molecule has 0 atom stereocenters. The van der Waals surface area contributed by atoms with Crippen molar-refractivity contribution in [3.05, 3.63) is 71.8 Å². The summed E-state index contributed by atoms with van der Waals surface area (Å²) in [5.41, 5.74) is 3.52. The highest BCUT2D eigenvalue weighted by Crippen LogP contribution is 2.16. The van der Waals surface area contributed by atoms with Gasteiger partial charge in [-0.05, 0) is 35.2 Å². The van der Waals surface area contributed by atoms with E-state index in [1.807, 2.05) is 6.08 Å². The van der Waals surface area contributed by atoms with Crippen molar-refractivity contribution < 1.29 is 4.74 Å². The van der Waals surface area contributed by atoms with Crippen LogP contribution in [0.5, 0.6) is 5.75 Å². The molecule has 0 bridgehead atoms. The summed E-state index contributed by atoms with van der Waals surface area (Å²) in [6.45, 7) is 6.88. The van der Waals surface area contributed by atoms with Crippen LogP contribution in [0, 0.1) is 0 Å². The van der Waals surface area contributed by atoms with Gasteiger partial charge in [0.1, 0.15) is 5.75 Å². The van der Waals surface area contributed by atoms with Crippen molar-refractivity contribution in [2.24, 2.45) is 0 Å². The molecule has 0 amide bonds. The Morgan fingerprint density at radius 2 is 1.07 bits per heavy atom. The van der Waals surface area contributed by atoms with Crippen LogP contribution in [0.2, 0.25) is 0 Å². The molecular weight excluding hydrogens is 352 g/mol. The van der Waals surface area contributed by atoms with Gasteiger partial charge in [-0.1, -0.05) is 126 Å². The molecule has 0 heterocycles. The molecule has 0 N–H and O–H groups in total. The standard InChI is InChI=1S/C28H38O/c1-3-5-6-7-8-9-10-11-12-13-24-29-28-22-20-27(21-23-28)19-18-26-16-14-25(4-2)15-17-26/h4,14-23H,2-3,5-13,24H2,1H3/b19-18+. The van der Waals surface area contributed by atoms with Crippen molar-refractivity contribution >= 4 is 18.2 Å². The summed E-state index contributed by atoms with van der Waals surface area (Å²) in [7, 11) is 0. The van der Waals surface area contributed by atoms with Crippen molar-refractivity contribution in [1.82, 2.24) is 0 Å². The summed E-state index contributed by atoms with van der Waals surface area (Å²) in [5, 5.41) is 0. The lowest BCUT2D eigenvalue weighted by atomic mass is 10.1. The molecule has 0 aliphatic rings. The Labute approximate surface area is 178 Å². The molecule has 2 rings (SSSR count). The molecule has 156 valence electrons. The highest BCUT2D eigenvalue weighted by molar-refractivity contribution is 5.70. The summed E-state index contributed by atoms with van der Waals surface area (Å²) in [5.74, 6) is 0.966. The molecule has 0 unspecified atom stereocenters. The highest BCUT2D eigenvalue weighted by Gasteiger charge is 1.96. The second kappa shape index (κ2) is 14.7.